The summed E-state index contributed by atoms with van der Waals surface area (Å²) < 4.78 is 0. The fraction of sp³-hybridized carbons (Fsp3) is 0.333. The van der Waals surface area contributed by atoms with E-state index in [9.17, 15) is 0 Å². The van der Waals surface area contributed by atoms with Crippen molar-refractivity contribution in [1.82, 2.24) is 5.32 Å². The number of aryl methyl sites for hydroxylation is 1. The van der Waals surface area contributed by atoms with Crippen molar-refractivity contribution in [2.45, 2.75) is 32.7 Å². The summed E-state index contributed by atoms with van der Waals surface area (Å²) in [5.74, 6) is 0. The molecule has 0 aromatic heterocycles. The first kappa shape index (κ1) is 13.8. The Kier molecular flexibility index (Phi) is 5.17. The van der Waals surface area contributed by atoms with E-state index in [0.717, 1.165) is 19.4 Å². The number of hydrogen-bond donors (Lipinski definition) is 1. The zero-order chi connectivity index (χ0) is 13.5. The van der Waals surface area contributed by atoms with Gasteiger partial charge < -0.3 is 5.32 Å². The maximum atomic E-state index is 3.64. The van der Waals surface area contributed by atoms with Crippen molar-refractivity contribution in [3.8, 4) is 0 Å². The maximum absolute atomic E-state index is 3.64. The van der Waals surface area contributed by atoms with E-state index >= 15 is 0 Å². The van der Waals surface area contributed by atoms with Crippen LogP contribution in [0.3, 0.4) is 0 Å². The quantitative estimate of drug-likeness (QED) is 0.807. The van der Waals surface area contributed by atoms with Crippen molar-refractivity contribution in [1.29, 1.82) is 0 Å². The molecule has 2 aromatic rings. The van der Waals surface area contributed by atoms with Gasteiger partial charge in [0.2, 0.25) is 0 Å². The monoisotopic (exact) mass is 253 g/mol. The summed E-state index contributed by atoms with van der Waals surface area (Å²) >= 11 is 0. The van der Waals surface area contributed by atoms with Gasteiger partial charge >= 0.3 is 0 Å². The van der Waals surface area contributed by atoms with Gasteiger partial charge in [-0.3, -0.25) is 0 Å². The second kappa shape index (κ2) is 7.10. The van der Waals surface area contributed by atoms with Crippen LogP contribution in [0.2, 0.25) is 0 Å². The van der Waals surface area contributed by atoms with Gasteiger partial charge in [-0.25, -0.2) is 0 Å². The van der Waals surface area contributed by atoms with Crippen molar-refractivity contribution in [3.63, 3.8) is 0 Å². The Morgan fingerprint density at radius 1 is 0.842 bits per heavy atom. The van der Waals surface area contributed by atoms with E-state index in [2.05, 4.69) is 73.8 Å². The Morgan fingerprint density at radius 3 is 2.05 bits per heavy atom. The molecule has 19 heavy (non-hydrogen) atoms. The van der Waals surface area contributed by atoms with E-state index < -0.39 is 0 Å². The fourth-order valence-electron chi connectivity index (χ4n) is 2.31. The van der Waals surface area contributed by atoms with Gasteiger partial charge in [-0.15, -0.1) is 0 Å². The molecule has 1 nitrogen and oxygen atoms in total. The molecule has 0 saturated carbocycles. The minimum Gasteiger partial charge on any atom is -0.306 e. The first-order valence-electron chi connectivity index (χ1n) is 7.22. The molecular formula is C18H23N. The summed E-state index contributed by atoms with van der Waals surface area (Å²) in [6.45, 7) is 5.43. The van der Waals surface area contributed by atoms with Crippen LogP contribution in [-0.2, 0) is 6.42 Å². The van der Waals surface area contributed by atoms with E-state index in [1.54, 1.807) is 0 Å². The lowest BCUT2D eigenvalue weighted by molar-refractivity contribution is 0.598. The van der Waals surface area contributed by atoms with Crippen molar-refractivity contribution >= 4 is 0 Å². The second-order valence-electron chi connectivity index (χ2n) is 4.89. The van der Waals surface area contributed by atoms with Gasteiger partial charge in [-0.1, -0.05) is 68.4 Å². The molecule has 2 aromatic carbocycles. The van der Waals surface area contributed by atoms with Gasteiger partial charge in [-0.2, -0.15) is 0 Å². The molecule has 2 rings (SSSR count). The molecule has 1 heteroatoms. The summed E-state index contributed by atoms with van der Waals surface area (Å²) in [6.07, 6.45) is 2.25. The van der Waals surface area contributed by atoms with Crippen LogP contribution in [-0.4, -0.2) is 6.54 Å². The molecule has 0 radical (unpaired) electrons. The molecule has 0 aliphatic heterocycles. The Hall–Kier alpha value is -1.60. The van der Waals surface area contributed by atoms with E-state index in [0.29, 0.717) is 6.04 Å². The van der Waals surface area contributed by atoms with Crippen molar-refractivity contribution in [2.75, 3.05) is 6.54 Å². The van der Waals surface area contributed by atoms with Crippen molar-refractivity contribution in [2.24, 2.45) is 0 Å². The topological polar surface area (TPSA) is 12.0 Å². The number of nitrogens with one attached hydrogen (secondary N) is 1. The lowest BCUT2D eigenvalue weighted by Gasteiger charge is -2.20. The highest BCUT2D eigenvalue weighted by Gasteiger charge is 2.12. The van der Waals surface area contributed by atoms with E-state index in [1.165, 1.54) is 16.7 Å². The van der Waals surface area contributed by atoms with Crippen molar-refractivity contribution < 1.29 is 0 Å². The van der Waals surface area contributed by atoms with Crippen LogP contribution in [0.5, 0.6) is 0 Å². The standard InChI is InChI=1S/C18H23N/c1-3-14-19-18(16-8-6-5-7-9-16)17-12-10-15(4-2)11-13-17/h5-13,18-19H,3-4,14H2,1-2H3. The summed E-state index contributed by atoms with van der Waals surface area (Å²) in [4.78, 5) is 0. The van der Waals surface area contributed by atoms with E-state index in [4.69, 9.17) is 0 Å². The van der Waals surface area contributed by atoms with Gasteiger partial charge in [0.1, 0.15) is 0 Å². The van der Waals surface area contributed by atoms with E-state index in [-0.39, 0.29) is 0 Å². The molecule has 100 valence electrons. The van der Waals surface area contributed by atoms with Crippen LogP contribution < -0.4 is 5.32 Å². The van der Waals surface area contributed by atoms with Crippen LogP contribution >= 0.6 is 0 Å². The predicted octanol–water partition coefficient (Wildman–Crippen LogP) is 4.34. The molecular weight excluding hydrogens is 230 g/mol. The average Bonchev–Trinajstić information content (AvgIpc) is 2.49. The first-order chi connectivity index (χ1) is 9.35. The van der Waals surface area contributed by atoms with Crippen LogP contribution in [0.15, 0.2) is 54.6 Å². The average molecular weight is 253 g/mol. The Bertz CT molecular complexity index is 473. The van der Waals surface area contributed by atoms with Crippen LogP contribution in [0, 0.1) is 0 Å². The Labute approximate surface area is 116 Å². The largest absolute Gasteiger partial charge is 0.306 e. The van der Waals surface area contributed by atoms with Gasteiger partial charge in [0.25, 0.3) is 0 Å². The summed E-state index contributed by atoms with van der Waals surface area (Å²) in [5.41, 5.74) is 4.07. The van der Waals surface area contributed by atoms with Crippen molar-refractivity contribution in [3.05, 3.63) is 71.3 Å². The molecule has 0 fully saturated rings. The van der Waals surface area contributed by atoms with Crippen LogP contribution in [0.25, 0.3) is 0 Å². The summed E-state index contributed by atoms with van der Waals surface area (Å²) in [5, 5.41) is 3.64. The minimum absolute atomic E-state index is 0.298. The highest BCUT2D eigenvalue weighted by molar-refractivity contribution is 5.33. The molecule has 0 saturated heterocycles. The number of benzene rings is 2. The number of rotatable bonds is 6. The Morgan fingerprint density at radius 2 is 1.47 bits per heavy atom. The van der Waals surface area contributed by atoms with Crippen LogP contribution in [0.4, 0.5) is 0 Å². The molecule has 1 unspecified atom stereocenters. The molecule has 1 N–H and O–H groups in total. The van der Waals surface area contributed by atoms with Gasteiger partial charge in [0, 0.05) is 0 Å². The molecule has 0 spiro atoms. The lowest BCUT2D eigenvalue weighted by atomic mass is 9.97. The third-order valence-electron chi connectivity index (χ3n) is 3.45. The lowest BCUT2D eigenvalue weighted by Crippen LogP contribution is -2.23. The number of hydrogen-bond acceptors (Lipinski definition) is 1. The van der Waals surface area contributed by atoms with Gasteiger partial charge in [0.05, 0.1) is 6.04 Å². The smallest absolute Gasteiger partial charge is 0.0576 e. The SMILES string of the molecule is CCCNC(c1ccccc1)c1ccc(CC)cc1. The molecule has 0 bridgehead atoms. The summed E-state index contributed by atoms with van der Waals surface area (Å²) in [6, 6.07) is 19.9. The third kappa shape index (κ3) is 3.68. The minimum atomic E-state index is 0.298. The maximum Gasteiger partial charge on any atom is 0.0576 e. The molecule has 0 amide bonds. The normalized spacial score (nSPS) is 12.3. The third-order valence-corrected chi connectivity index (χ3v) is 3.45. The Balaban J connectivity index is 2.26. The van der Waals surface area contributed by atoms with Crippen LogP contribution in [0.1, 0.15) is 43.0 Å². The van der Waals surface area contributed by atoms with Gasteiger partial charge in [-0.05, 0) is 36.1 Å². The molecule has 0 aliphatic carbocycles. The second-order valence-corrected chi connectivity index (χ2v) is 4.89. The zero-order valence-electron chi connectivity index (χ0n) is 11.9. The summed E-state index contributed by atoms with van der Waals surface area (Å²) in [7, 11) is 0. The highest BCUT2D eigenvalue weighted by atomic mass is 14.9. The molecule has 1 atom stereocenters. The van der Waals surface area contributed by atoms with Gasteiger partial charge in [0.15, 0.2) is 0 Å². The fourth-order valence-corrected chi connectivity index (χ4v) is 2.31. The van der Waals surface area contributed by atoms with E-state index in [1.807, 2.05) is 0 Å². The molecule has 0 aliphatic rings. The predicted molar refractivity (Wildman–Crippen MR) is 82.4 cm³/mol. The highest BCUT2D eigenvalue weighted by Crippen LogP contribution is 2.22. The first-order valence-corrected chi connectivity index (χ1v) is 7.22. The zero-order valence-corrected chi connectivity index (χ0v) is 11.9. The molecule has 0 heterocycles.